The average Bonchev–Trinajstić information content (AvgIpc) is 2.30. The van der Waals surface area contributed by atoms with Gasteiger partial charge < -0.3 is 10.1 Å². The van der Waals surface area contributed by atoms with Gasteiger partial charge >= 0.3 is 0 Å². The first-order chi connectivity index (χ1) is 8.10. The minimum atomic E-state index is -0.227. The average molecular weight is 232 g/mol. The highest BCUT2D eigenvalue weighted by atomic mass is 16.5. The van der Waals surface area contributed by atoms with Crippen molar-refractivity contribution in [1.29, 1.82) is 5.26 Å². The summed E-state index contributed by atoms with van der Waals surface area (Å²) >= 11 is 0. The van der Waals surface area contributed by atoms with Gasteiger partial charge in [0.25, 0.3) is 5.91 Å². The number of carbonyl (C=O) groups is 1. The van der Waals surface area contributed by atoms with Crippen molar-refractivity contribution in [3.05, 3.63) is 28.8 Å². The lowest BCUT2D eigenvalue weighted by molar-refractivity contribution is 0.0958. The Hall–Kier alpha value is -2.02. The van der Waals surface area contributed by atoms with E-state index in [4.69, 9.17) is 10.00 Å². The van der Waals surface area contributed by atoms with Gasteiger partial charge in [0.1, 0.15) is 12.3 Å². The Labute approximate surface area is 101 Å². The van der Waals surface area contributed by atoms with E-state index in [1.54, 1.807) is 6.07 Å². The molecule has 0 heterocycles. The van der Waals surface area contributed by atoms with E-state index < -0.39 is 0 Å². The Balaban J connectivity index is 2.99. The smallest absolute Gasteiger partial charge is 0.252 e. The zero-order valence-corrected chi connectivity index (χ0v) is 10.3. The minimum absolute atomic E-state index is 0.0184. The summed E-state index contributed by atoms with van der Waals surface area (Å²) in [6.45, 7) is 6.28. The zero-order valence-electron chi connectivity index (χ0n) is 10.3. The maximum absolute atomic E-state index is 11.7. The third kappa shape index (κ3) is 3.22. The first-order valence-corrected chi connectivity index (χ1v) is 5.49. The monoisotopic (exact) mass is 232 g/mol. The number of aryl methyl sites for hydroxylation is 2. The van der Waals surface area contributed by atoms with Crippen LogP contribution >= 0.6 is 0 Å². The largest absolute Gasteiger partial charge is 0.494 e. The summed E-state index contributed by atoms with van der Waals surface area (Å²) < 4.78 is 5.45. The fourth-order valence-electron chi connectivity index (χ4n) is 1.56. The van der Waals surface area contributed by atoms with Crippen LogP contribution in [0.3, 0.4) is 0 Å². The highest BCUT2D eigenvalue weighted by Crippen LogP contribution is 2.22. The van der Waals surface area contributed by atoms with Gasteiger partial charge in [0.05, 0.1) is 12.7 Å². The van der Waals surface area contributed by atoms with Crippen molar-refractivity contribution in [2.45, 2.75) is 20.8 Å². The van der Waals surface area contributed by atoms with Crippen molar-refractivity contribution in [1.82, 2.24) is 5.32 Å². The molecule has 90 valence electrons. The van der Waals surface area contributed by atoms with Gasteiger partial charge in [0.15, 0.2) is 0 Å². The molecule has 0 saturated heterocycles. The molecule has 0 unspecified atom stereocenters. The molecule has 1 amide bonds. The molecule has 17 heavy (non-hydrogen) atoms. The Morgan fingerprint density at radius 3 is 2.71 bits per heavy atom. The Morgan fingerprint density at radius 1 is 1.41 bits per heavy atom. The van der Waals surface area contributed by atoms with Crippen molar-refractivity contribution in [3.8, 4) is 11.8 Å². The Kier molecular flexibility index (Phi) is 4.53. The number of nitriles is 1. The van der Waals surface area contributed by atoms with Crippen LogP contribution in [0.2, 0.25) is 0 Å². The summed E-state index contributed by atoms with van der Waals surface area (Å²) in [5.41, 5.74) is 2.34. The third-order valence-electron chi connectivity index (χ3n) is 2.39. The molecule has 4 heteroatoms. The van der Waals surface area contributed by atoms with Crippen LogP contribution in [-0.2, 0) is 0 Å². The molecule has 1 N–H and O–H groups in total. The van der Waals surface area contributed by atoms with Crippen LogP contribution in [0.1, 0.15) is 28.4 Å². The van der Waals surface area contributed by atoms with E-state index in [1.165, 1.54) is 0 Å². The summed E-state index contributed by atoms with van der Waals surface area (Å²) in [4.78, 5) is 11.7. The first-order valence-electron chi connectivity index (χ1n) is 5.49. The first kappa shape index (κ1) is 13.0. The number of rotatable bonds is 4. The number of amides is 1. The Bertz CT molecular complexity index is 461. The van der Waals surface area contributed by atoms with Crippen LogP contribution in [0.4, 0.5) is 0 Å². The van der Waals surface area contributed by atoms with Crippen molar-refractivity contribution < 1.29 is 9.53 Å². The number of nitrogens with zero attached hydrogens (tertiary/aromatic N) is 1. The predicted octanol–water partition coefficient (Wildman–Crippen LogP) is 1.96. The molecule has 1 aromatic carbocycles. The third-order valence-corrected chi connectivity index (χ3v) is 2.39. The van der Waals surface area contributed by atoms with Crippen LogP contribution in [0.15, 0.2) is 12.1 Å². The van der Waals surface area contributed by atoms with Gasteiger partial charge in [0, 0.05) is 5.56 Å². The van der Waals surface area contributed by atoms with Gasteiger partial charge in [-0.25, -0.2) is 0 Å². The number of hydrogen-bond donors (Lipinski definition) is 1. The molecule has 0 fully saturated rings. The molecular formula is C13H16N2O2. The van der Waals surface area contributed by atoms with Crippen LogP contribution in [0, 0.1) is 25.2 Å². The summed E-state index contributed by atoms with van der Waals surface area (Å²) in [5.74, 6) is 0.567. The standard InChI is InChI=1S/C13H16N2O2/c1-4-17-12-8-9(2)11(7-10(12)3)13(16)15-6-5-14/h7-8H,4,6H2,1-3H3,(H,15,16). The molecule has 0 bridgehead atoms. The highest BCUT2D eigenvalue weighted by Gasteiger charge is 2.11. The molecular weight excluding hydrogens is 216 g/mol. The van der Waals surface area contributed by atoms with Gasteiger partial charge in [-0.05, 0) is 44.0 Å². The molecule has 4 nitrogen and oxygen atoms in total. The quantitative estimate of drug-likeness (QED) is 0.807. The van der Waals surface area contributed by atoms with E-state index in [2.05, 4.69) is 5.32 Å². The number of hydrogen-bond acceptors (Lipinski definition) is 3. The predicted molar refractivity (Wildman–Crippen MR) is 65.0 cm³/mol. The van der Waals surface area contributed by atoms with E-state index in [0.29, 0.717) is 12.2 Å². The zero-order chi connectivity index (χ0) is 12.8. The molecule has 0 spiro atoms. The lowest BCUT2D eigenvalue weighted by Crippen LogP contribution is -2.24. The second kappa shape index (κ2) is 5.90. The normalized spacial score (nSPS) is 9.53. The van der Waals surface area contributed by atoms with E-state index in [9.17, 15) is 4.79 Å². The van der Waals surface area contributed by atoms with Crippen LogP contribution in [-0.4, -0.2) is 19.1 Å². The maximum Gasteiger partial charge on any atom is 0.252 e. The van der Waals surface area contributed by atoms with Crippen molar-refractivity contribution in [2.75, 3.05) is 13.2 Å². The van der Waals surface area contributed by atoms with Gasteiger partial charge in [-0.2, -0.15) is 5.26 Å². The molecule has 1 rings (SSSR count). The fraction of sp³-hybridized carbons (Fsp3) is 0.385. The van der Waals surface area contributed by atoms with Crippen LogP contribution in [0.5, 0.6) is 5.75 Å². The summed E-state index contributed by atoms with van der Waals surface area (Å²) in [7, 11) is 0. The van der Waals surface area contributed by atoms with E-state index in [-0.39, 0.29) is 12.5 Å². The molecule has 1 aromatic rings. The maximum atomic E-state index is 11.7. The molecule has 0 aliphatic heterocycles. The molecule has 0 aliphatic carbocycles. The number of benzene rings is 1. The number of ether oxygens (including phenoxy) is 1. The topological polar surface area (TPSA) is 62.1 Å². The van der Waals surface area contributed by atoms with Crippen molar-refractivity contribution in [2.24, 2.45) is 0 Å². The number of carbonyl (C=O) groups excluding carboxylic acids is 1. The van der Waals surface area contributed by atoms with Crippen molar-refractivity contribution in [3.63, 3.8) is 0 Å². The molecule has 0 saturated carbocycles. The highest BCUT2D eigenvalue weighted by molar-refractivity contribution is 5.96. The molecule has 0 radical (unpaired) electrons. The van der Waals surface area contributed by atoms with Gasteiger partial charge in [-0.1, -0.05) is 0 Å². The second-order valence-corrected chi connectivity index (χ2v) is 3.71. The Morgan fingerprint density at radius 2 is 2.12 bits per heavy atom. The van der Waals surface area contributed by atoms with E-state index in [0.717, 1.165) is 16.9 Å². The molecule has 0 aliphatic rings. The van der Waals surface area contributed by atoms with Crippen LogP contribution < -0.4 is 10.1 Å². The van der Waals surface area contributed by atoms with E-state index in [1.807, 2.05) is 32.9 Å². The summed E-state index contributed by atoms with van der Waals surface area (Å²) in [6, 6.07) is 5.51. The minimum Gasteiger partial charge on any atom is -0.494 e. The van der Waals surface area contributed by atoms with Gasteiger partial charge in [-0.3, -0.25) is 4.79 Å². The van der Waals surface area contributed by atoms with Crippen molar-refractivity contribution >= 4 is 5.91 Å². The second-order valence-electron chi connectivity index (χ2n) is 3.71. The SMILES string of the molecule is CCOc1cc(C)c(C(=O)NCC#N)cc1C. The van der Waals surface area contributed by atoms with E-state index >= 15 is 0 Å². The lowest BCUT2D eigenvalue weighted by Gasteiger charge is -2.11. The van der Waals surface area contributed by atoms with Gasteiger partial charge in [0.2, 0.25) is 0 Å². The molecule has 0 aromatic heterocycles. The summed E-state index contributed by atoms with van der Waals surface area (Å²) in [5, 5.41) is 10.9. The summed E-state index contributed by atoms with van der Waals surface area (Å²) in [6.07, 6.45) is 0. The molecule has 0 atom stereocenters. The fourth-order valence-corrected chi connectivity index (χ4v) is 1.56. The van der Waals surface area contributed by atoms with Crippen LogP contribution in [0.25, 0.3) is 0 Å². The number of nitrogens with one attached hydrogen (secondary N) is 1. The van der Waals surface area contributed by atoms with Gasteiger partial charge in [-0.15, -0.1) is 0 Å². The lowest BCUT2D eigenvalue weighted by atomic mass is 10.0.